The van der Waals surface area contributed by atoms with E-state index in [2.05, 4.69) is 43.4 Å². The number of thiazole rings is 1. The lowest BCUT2D eigenvalue weighted by molar-refractivity contribution is 0.466. The number of rotatable bonds is 8. The van der Waals surface area contributed by atoms with Gasteiger partial charge in [-0.05, 0) is 25.1 Å². The van der Waals surface area contributed by atoms with Gasteiger partial charge >= 0.3 is 0 Å². The maximum atomic E-state index is 4.74. The van der Waals surface area contributed by atoms with Crippen LogP contribution in [0.3, 0.4) is 0 Å². The van der Waals surface area contributed by atoms with Gasteiger partial charge in [0.05, 0.1) is 15.2 Å². The molecule has 2 rings (SSSR count). The molecule has 1 aromatic carbocycles. The highest BCUT2D eigenvalue weighted by atomic mass is 32.1. The number of likely N-dealkylation sites (N-methyl/N-ethyl adjacent to an activating group) is 1. The number of aromatic nitrogens is 1. The fourth-order valence-electron chi connectivity index (χ4n) is 2.42. The Labute approximate surface area is 120 Å². The first-order chi connectivity index (χ1) is 9.33. The summed E-state index contributed by atoms with van der Waals surface area (Å²) in [5, 5.41) is 4.87. The van der Waals surface area contributed by atoms with E-state index in [1.54, 1.807) is 0 Å². The van der Waals surface area contributed by atoms with Gasteiger partial charge in [0, 0.05) is 12.5 Å². The van der Waals surface area contributed by atoms with Crippen molar-refractivity contribution in [2.75, 3.05) is 6.54 Å². The second kappa shape index (κ2) is 7.61. The summed E-state index contributed by atoms with van der Waals surface area (Å²) in [6, 6.07) is 9.00. The average molecular weight is 276 g/mol. The van der Waals surface area contributed by atoms with Crippen molar-refractivity contribution >= 4 is 21.6 Å². The minimum absolute atomic E-state index is 0.581. The van der Waals surface area contributed by atoms with Crippen LogP contribution in [0.2, 0.25) is 0 Å². The zero-order valence-electron chi connectivity index (χ0n) is 12.0. The molecule has 1 heterocycles. The van der Waals surface area contributed by atoms with Gasteiger partial charge in [-0.25, -0.2) is 4.98 Å². The Hall–Kier alpha value is -0.930. The van der Waals surface area contributed by atoms with E-state index in [4.69, 9.17) is 4.98 Å². The molecule has 0 spiro atoms. The van der Waals surface area contributed by atoms with Gasteiger partial charge in [0.15, 0.2) is 0 Å². The molecule has 1 N–H and O–H groups in total. The Bertz CT molecular complexity index is 459. The molecule has 0 amide bonds. The summed E-state index contributed by atoms with van der Waals surface area (Å²) < 4.78 is 1.31. The summed E-state index contributed by atoms with van der Waals surface area (Å²) >= 11 is 1.84. The van der Waals surface area contributed by atoms with Crippen molar-refractivity contribution < 1.29 is 0 Å². The topological polar surface area (TPSA) is 24.9 Å². The van der Waals surface area contributed by atoms with E-state index in [-0.39, 0.29) is 0 Å². The fraction of sp³-hybridized carbons (Fsp3) is 0.562. The van der Waals surface area contributed by atoms with Crippen LogP contribution >= 0.6 is 11.3 Å². The molecule has 2 nitrogen and oxygen atoms in total. The second-order valence-corrected chi connectivity index (χ2v) is 6.15. The Kier molecular flexibility index (Phi) is 5.80. The molecule has 1 unspecified atom stereocenters. The number of hydrogen-bond donors (Lipinski definition) is 1. The van der Waals surface area contributed by atoms with E-state index in [1.165, 1.54) is 35.4 Å². The van der Waals surface area contributed by atoms with Crippen LogP contribution in [0.4, 0.5) is 0 Å². The molecule has 0 saturated carbocycles. The first kappa shape index (κ1) is 14.5. The SMILES string of the molecule is CCCCCC(Cc1nc2ccccc2s1)NCC. The summed E-state index contributed by atoms with van der Waals surface area (Å²) in [6.45, 7) is 5.49. The van der Waals surface area contributed by atoms with E-state index in [9.17, 15) is 0 Å². The van der Waals surface area contributed by atoms with E-state index in [1.807, 2.05) is 11.3 Å². The largest absolute Gasteiger partial charge is 0.314 e. The third kappa shape index (κ3) is 4.29. The molecule has 104 valence electrons. The monoisotopic (exact) mass is 276 g/mol. The minimum atomic E-state index is 0.581. The van der Waals surface area contributed by atoms with Gasteiger partial charge in [-0.3, -0.25) is 0 Å². The van der Waals surface area contributed by atoms with Crippen LogP contribution in [0.15, 0.2) is 24.3 Å². The molecule has 3 heteroatoms. The molecule has 0 bridgehead atoms. The van der Waals surface area contributed by atoms with Gasteiger partial charge in [0.2, 0.25) is 0 Å². The van der Waals surface area contributed by atoms with Crippen LogP contribution in [0.1, 0.15) is 44.5 Å². The smallest absolute Gasteiger partial charge is 0.0954 e. The highest BCUT2D eigenvalue weighted by Gasteiger charge is 2.11. The Morgan fingerprint density at radius 2 is 2.05 bits per heavy atom. The zero-order valence-corrected chi connectivity index (χ0v) is 12.8. The van der Waals surface area contributed by atoms with Gasteiger partial charge in [-0.15, -0.1) is 11.3 Å². The van der Waals surface area contributed by atoms with Gasteiger partial charge < -0.3 is 5.32 Å². The molecule has 0 fully saturated rings. The normalized spacial score (nSPS) is 12.9. The van der Waals surface area contributed by atoms with Crippen LogP contribution in [-0.4, -0.2) is 17.6 Å². The second-order valence-electron chi connectivity index (χ2n) is 5.03. The molecule has 0 aliphatic heterocycles. The number of para-hydroxylation sites is 1. The van der Waals surface area contributed by atoms with Gasteiger partial charge in [-0.2, -0.15) is 0 Å². The third-order valence-electron chi connectivity index (χ3n) is 3.41. The molecule has 0 radical (unpaired) electrons. The number of hydrogen-bond acceptors (Lipinski definition) is 3. The highest BCUT2D eigenvalue weighted by Crippen LogP contribution is 2.23. The summed E-state index contributed by atoms with van der Waals surface area (Å²) in [5.74, 6) is 0. The first-order valence-electron chi connectivity index (χ1n) is 7.41. The highest BCUT2D eigenvalue weighted by molar-refractivity contribution is 7.18. The quantitative estimate of drug-likeness (QED) is 0.723. The standard InChI is InChI=1S/C16H24N2S/c1-3-5-6-9-13(17-4-2)12-16-18-14-10-7-8-11-15(14)19-16/h7-8,10-11,13,17H,3-6,9,12H2,1-2H3. The van der Waals surface area contributed by atoms with Crippen molar-refractivity contribution in [3.05, 3.63) is 29.3 Å². The molecule has 19 heavy (non-hydrogen) atoms. The maximum absolute atomic E-state index is 4.74. The number of fused-ring (bicyclic) bond motifs is 1. The lowest BCUT2D eigenvalue weighted by Crippen LogP contribution is -2.30. The molecule has 0 aliphatic carbocycles. The molecule has 1 aromatic heterocycles. The van der Waals surface area contributed by atoms with Crippen molar-refractivity contribution in [3.63, 3.8) is 0 Å². The van der Waals surface area contributed by atoms with Crippen LogP contribution < -0.4 is 5.32 Å². The van der Waals surface area contributed by atoms with Gasteiger partial charge in [-0.1, -0.05) is 45.2 Å². The van der Waals surface area contributed by atoms with Crippen LogP contribution in [0.25, 0.3) is 10.2 Å². The molecular weight excluding hydrogens is 252 g/mol. The van der Waals surface area contributed by atoms with Crippen LogP contribution in [0.5, 0.6) is 0 Å². The van der Waals surface area contributed by atoms with Crippen LogP contribution in [0, 0.1) is 0 Å². The summed E-state index contributed by atoms with van der Waals surface area (Å²) in [5.41, 5.74) is 1.14. The molecule has 1 atom stereocenters. The van der Waals surface area contributed by atoms with Crippen LogP contribution in [-0.2, 0) is 6.42 Å². The van der Waals surface area contributed by atoms with E-state index in [0.717, 1.165) is 18.5 Å². The van der Waals surface area contributed by atoms with Gasteiger partial charge in [0.1, 0.15) is 0 Å². The van der Waals surface area contributed by atoms with Crippen molar-refractivity contribution in [2.45, 2.75) is 52.0 Å². The number of benzene rings is 1. The lowest BCUT2D eigenvalue weighted by Gasteiger charge is -2.16. The fourth-order valence-corrected chi connectivity index (χ4v) is 3.47. The van der Waals surface area contributed by atoms with Crippen molar-refractivity contribution in [3.8, 4) is 0 Å². The average Bonchev–Trinajstić information content (AvgIpc) is 2.81. The molecule has 0 aliphatic rings. The van der Waals surface area contributed by atoms with E-state index < -0.39 is 0 Å². The maximum Gasteiger partial charge on any atom is 0.0954 e. The predicted octanol–water partition coefficient (Wildman–Crippen LogP) is 4.40. The first-order valence-corrected chi connectivity index (χ1v) is 8.23. The number of unbranched alkanes of at least 4 members (excludes halogenated alkanes) is 2. The minimum Gasteiger partial charge on any atom is -0.314 e. The Morgan fingerprint density at radius 1 is 1.21 bits per heavy atom. The number of nitrogens with zero attached hydrogens (tertiary/aromatic N) is 1. The van der Waals surface area contributed by atoms with Crippen molar-refractivity contribution in [1.29, 1.82) is 0 Å². The molecular formula is C16H24N2S. The van der Waals surface area contributed by atoms with E-state index in [0.29, 0.717) is 6.04 Å². The summed E-state index contributed by atoms with van der Waals surface area (Å²) in [4.78, 5) is 4.74. The van der Waals surface area contributed by atoms with E-state index >= 15 is 0 Å². The summed E-state index contributed by atoms with van der Waals surface area (Å²) in [7, 11) is 0. The van der Waals surface area contributed by atoms with Crippen molar-refractivity contribution in [2.24, 2.45) is 0 Å². The zero-order chi connectivity index (χ0) is 13.5. The van der Waals surface area contributed by atoms with Gasteiger partial charge in [0.25, 0.3) is 0 Å². The molecule has 0 saturated heterocycles. The molecule has 2 aromatic rings. The summed E-state index contributed by atoms with van der Waals surface area (Å²) in [6.07, 6.45) is 6.27. The third-order valence-corrected chi connectivity index (χ3v) is 4.47. The lowest BCUT2D eigenvalue weighted by atomic mass is 10.1. The Morgan fingerprint density at radius 3 is 2.79 bits per heavy atom. The number of nitrogens with one attached hydrogen (secondary N) is 1. The predicted molar refractivity (Wildman–Crippen MR) is 84.9 cm³/mol. The van der Waals surface area contributed by atoms with Crippen molar-refractivity contribution in [1.82, 2.24) is 10.3 Å². The Balaban J connectivity index is 1.98.